The summed E-state index contributed by atoms with van der Waals surface area (Å²) in [7, 11) is 0. The van der Waals surface area contributed by atoms with E-state index in [1.165, 1.54) is 40.3 Å². The van der Waals surface area contributed by atoms with Gasteiger partial charge in [-0.15, -0.1) is 0 Å². The average molecular weight is 232 g/mol. The van der Waals surface area contributed by atoms with Gasteiger partial charge in [-0.2, -0.15) is 0 Å². The number of hydrogen-bond acceptors (Lipinski definition) is 2. The van der Waals surface area contributed by atoms with Crippen molar-refractivity contribution in [1.29, 1.82) is 0 Å². The van der Waals surface area contributed by atoms with Crippen molar-refractivity contribution < 1.29 is 9.53 Å². The molecule has 1 aliphatic carbocycles. The third kappa shape index (κ3) is 1.58. The molecular weight excluding hydrogens is 212 g/mol. The lowest BCUT2D eigenvalue weighted by Gasteiger charge is -2.43. The van der Waals surface area contributed by atoms with Crippen molar-refractivity contribution in [3.63, 3.8) is 0 Å². The van der Waals surface area contributed by atoms with Gasteiger partial charge in [-0.1, -0.05) is 0 Å². The van der Waals surface area contributed by atoms with E-state index in [0.717, 1.165) is 6.42 Å². The standard InChI is InChI=1S/C15H20O2/c1-8-9(2)11(4)14-13(10(8)3)7-15(14,6)17-12(5)16/h7H2,1-6H3/t15-/m1/s1. The predicted octanol–water partition coefficient (Wildman–Crippen LogP) is 3.25. The first-order valence-corrected chi connectivity index (χ1v) is 6.07. The molecule has 0 fully saturated rings. The van der Waals surface area contributed by atoms with Gasteiger partial charge in [0.2, 0.25) is 0 Å². The molecule has 1 aromatic rings. The number of carbonyl (C=O) groups is 1. The predicted molar refractivity (Wildman–Crippen MR) is 68.2 cm³/mol. The van der Waals surface area contributed by atoms with Gasteiger partial charge in [0.1, 0.15) is 5.60 Å². The fourth-order valence-corrected chi connectivity index (χ4v) is 3.05. The van der Waals surface area contributed by atoms with Gasteiger partial charge in [0.15, 0.2) is 0 Å². The van der Waals surface area contributed by atoms with E-state index in [0.29, 0.717) is 0 Å². The molecular formula is C15H20O2. The van der Waals surface area contributed by atoms with Gasteiger partial charge in [-0.05, 0) is 62.4 Å². The second-order valence-electron chi connectivity index (χ2n) is 5.35. The molecule has 2 nitrogen and oxygen atoms in total. The van der Waals surface area contributed by atoms with Gasteiger partial charge in [-0.25, -0.2) is 0 Å². The Morgan fingerprint density at radius 1 is 1.06 bits per heavy atom. The maximum atomic E-state index is 11.2. The molecule has 92 valence electrons. The molecule has 0 bridgehead atoms. The average Bonchev–Trinajstić information content (AvgIpc) is 2.20. The zero-order valence-corrected chi connectivity index (χ0v) is 11.5. The van der Waals surface area contributed by atoms with Crippen LogP contribution in [0.15, 0.2) is 0 Å². The minimum absolute atomic E-state index is 0.201. The van der Waals surface area contributed by atoms with Crippen molar-refractivity contribution in [1.82, 2.24) is 0 Å². The van der Waals surface area contributed by atoms with E-state index < -0.39 is 5.60 Å². The SMILES string of the molecule is CC(=O)O[C@]1(C)Cc2c(C)c(C)c(C)c(C)c21. The Labute approximate surface area is 103 Å². The molecule has 0 spiro atoms. The van der Waals surface area contributed by atoms with Crippen LogP contribution in [-0.4, -0.2) is 5.97 Å². The van der Waals surface area contributed by atoms with Gasteiger partial charge < -0.3 is 4.74 Å². The summed E-state index contributed by atoms with van der Waals surface area (Å²) < 4.78 is 5.49. The first-order chi connectivity index (χ1) is 7.78. The summed E-state index contributed by atoms with van der Waals surface area (Å²) in [6.07, 6.45) is 0.843. The Kier molecular flexibility index (Phi) is 2.57. The second kappa shape index (κ2) is 3.59. The molecule has 17 heavy (non-hydrogen) atoms. The Hall–Kier alpha value is -1.31. The summed E-state index contributed by atoms with van der Waals surface area (Å²) in [6.45, 7) is 12.1. The van der Waals surface area contributed by atoms with Gasteiger partial charge in [0.05, 0.1) is 0 Å². The summed E-state index contributed by atoms with van der Waals surface area (Å²) >= 11 is 0. The second-order valence-corrected chi connectivity index (χ2v) is 5.35. The lowest BCUT2D eigenvalue weighted by molar-refractivity contribution is -0.159. The summed E-state index contributed by atoms with van der Waals surface area (Å²) in [4.78, 5) is 11.2. The fourth-order valence-electron chi connectivity index (χ4n) is 3.05. The van der Waals surface area contributed by atoms with Gasteiger partial charge in [-0.3, -0.25) is 4.79 Å². The molecule has 1 aliphatic rings. The molecule has 0 aromatic heterocycles. The van der Waals surface area contributed by atoms with Crippen molar-refractivity contribution in [2.45, 2.75) is 53.6 Å². The minimum Gasteiger partial charge on any atom is -0.454 e. The third-order valence-electron chi connectivity index (χ3n) is 4.23. The van der Waals surface area contributed by atoms with E-state index in [9.17, 15) is 4.79 Å². The largest absolute Gasteiger partial charge is 0.454 e. The van der Waals surface area contributed by atoms with E-state index in [1.807, 2.05) is 6.92 Å². The molecule has 0 N–H and O–H groups in total. The van der Waals surface area contributed by atoms with Crippen molar-refractivity contribution in [2.75, 3.05) is 0 Å². The lowest BCUT2D eigenvalue weighted by atomic mass is 9.68. The number of rotatable bonds is 1. The van der Waals surface area contributed by atoms with Crippen LogP contribution in [0.3, 0.4) is 0 Å². The highest BCUT2D eigenvalue weighted by Crippen LogP contribution is 2.47. The van der Waals surface area contributed by atoms with Crippen molar-refractivity contribution >= 4 is 5.97 Å². The Bertz CT molecular complexity index is 491. The first-order valence-electron chi connectivity index (χ1n) is 6.07. The zero-order valence-electron chi connectivity index (χ0n) is 11.5. The molecule has 0 saturated carbocycles. The zero-order chi connectivity index (χ0) is 13.0. The molecule has 0 aliphatic heterocycles. The van der Waals surface area contributed by atoms with Gasteiger partial charge in [0.25, 0.3) is 0 Å². The van der Waals surface area contributed by atoms with Crippen molar-refractivity contribution in [3.8, 4) is 0 Å². The van der Waals surface area contributed by atoms with Crippen LogP contribution in [0.25, 0.3) is 0 Å². The van der Waals surface area contributed by atoms with E-state index in [1.54, 1.807) is 0 Å². The number of carbonyl (C=O) groups excluding carboxylic acids is 1. The smallest absolute Gasteiger partial charge is 0.303 e. The number of benzene rings is 1. The molecule has 2 rings (SSSR count). The lowest BCUT2D eigenvalue weighted by Crippen LogP contribution is -2.42. The fraction of sp³-hybridized carbons (Fsp3) is 0.533. The quantitative estimate of drug-likeness (QED) is 0.695. The van der Waals surface area contributed by atoms with E-state index in [-0.39, 0.29) is 5.97 Å². The number of esters is 1. The van der Waals surface area contributed by atoms with Gasteiger partial charge in [0, 0.05) is 18.9 Å². The van der Waals surface area contributed by atoms with Crippen LogP contribution in [0, 0.1) is 27.7 Å². The molecule has 1 aromatic carbocycles. The molecule has 0 radical (unpaired) electrons. The Morgan fingerprint density at radius 3 is 2.12 bits per heavy atom. The van der Waals surface area contributed by atoms with Crippen LogP contribution in [0.1, 0.15) is 47.2 Å². The first kappa shape index (κ1) is 12.2. The number of hydrogen-bond donors (Lipinski definition) is 0. The van der Waals surface area contributed by atoms with Crippen LogP contribution in [-0.2, 0) is 21.6 Å². The number of ether oxygens (including phenoxy) is 1. The summed E-state index contributed by atoms with van der Waals surface area (Å²) in [5.74, 6) is -0.201. The molecule has 0 unspecified atom stereocenters. The molecule has 0 heterocycles. The van der Waals surface area contributed by atoms with Crippen LogP contribution in [0.4, 0.5) is 0 Å². The summed E-state index contributed by atoms with van der Waals surface area (Å²) in [6, 6.07) is 0. The van der Waals surface area contributed by atoms with Crippen LogP contribution < -0.4 is 0 Å². The van der Waals surface area contributed by atoms with E-state index >= 15 is 0 Å². The van der Waals surface area contributed by atoms with Crippen LogP contribution in [0.5, 0.6) is 0 Å². The highest BCUT2D eigenvalue weighted by atomic mass is 16.6. The van der Waals surface area contributed by atoms with Crippen LogP contribution in [0.2, 0.25) is 0 Å². The maximum Gasteiger partial charge on any atom is 0.303 e. The normalized spacial score (nSPS) is 21.8. The third-order valence-corrected chi connectivity index (χ3v) is 4.23. The van der Waals surface area contributed by atoms with Crippen molar-refractivity contribution in [2.24, 2.45) is 0 Å². The molecule has 2 heteroatoms. The summed E-state index contributed by atoms with van der Waals surface area (Å²) in [5.41, 5.74) is 7.51. The molecule has 0 saturated heterocycles. The molecule has 0 amide bonds. The molecule has 1 atom stereocenters. The monoisotopic (exact) mass is 232 g/mol. The van der Waals surface area contributed by atoms with E-state index in [4.69, 9.17) is 4.74 Å². The van der Waals surface area contributed by atoms with Gasteiger partial charge >= 0.3 is 5.97 Å². The summed E-state index contributed by atoms with van der Waals surface area (Å²) in [5, 5.41) is 0. The topological polar surface area (TPSA) is 26.3 Å². The van der Waals surface area contributed by atoms with Crippen molar-refractivity contribution in [3.05, 3.63) is 33.4 Å². The highest BCUT2D eigenvalue weighted by molar-refractivity contribution is 5.69. The highest BCUT2D eigenvalue weighted by Gasteiger charge is 2.44. The van der Waals surface area contributed by atoms with Crippen LogP contribution >= 0.6 is 0 Å². The maximum absolute atomic E-state index is 11.2. The Morgan fingerprint density at radius 2 is 1.59 bits per heavy atom. The van der Waals surface area contributed by atoms with E-state index in [2.05, 4.69) is 27.7 Å². The minimum atomic E-state index is -0.408. The number of fused-ring (bicyclic) bond motifs is 1. The Balaban J connectivity index is 2.58.